The topological polar surface area (TPSA) is 58.2 Å². The van der Waals surface area contributed by atoms with Gasteiger partial charge in [-0.2, -0.15) is 0 Å². The zero-order valence-corrected chi connectivity index (χ0v) is 7.97. The first kappa shape index (κ1) is 10.9. The van der Waals surface area contributed by atoms with E-state index in [1.807, 2.05) is 21.1 Å². The van der Waals surface area contributed by atoms with E-state index in [-0.39, 0.29) is 11.8 Å². The van der Waals surface area contributed by atoms with Crippen LogP contribution < -0.4 is 10.9 Å². The van der Waals surface area contributed by atoms with Crippen LogP contribution in [0.5, 0.6) is 0 Å². The van der Waals surface area contributed by atoms with Crippen LogP contribution in [-0.2, 0) is 9.59 Å². The fourth-order valence-corrected chi connectivity index (χ4v) is 0.628. The maximum absolute atomic E-state index is 11.0. The largest absolute Gasteiger partial charge is 0.323 e. The predicted octanol–water partition coefficient (Wildman–Crippen LogP) is -1.14. The SMILES string of the molecule is CC(=O)NNC(=O)C[N+](C)(C)C. The molecule has 0 bridgehead atoms. The van der Waals surface area contributed by atoms with Crippen molar-refractivity contribution in [1.29, 1.82) is 0 Å². The summed E-state index contributed by atoms with van der Waals surface area (Å²) in [5.74, 6) is -0.470. The molecule has 0 aromatic carbocycles. The Kier molecular flexibility index (Phi) is 3.69. The molecule has 0 saturated carbocycles. The molecule has 2 N–H and O–H groups in total. The van der Waals surface area contributed by atoms with Crippen molar-refractivity contribution in [2.24, 2.45) is 0 Å². The van der Waals surface area contributed by atoms with Gasteiger partial charge in [0.05, 0.1) is 21.1 Å². The van der Waals surface area contributed by atoms with Gasteiger partial charge in [-0.25, -0.2) is 0 Å². The van der Waals surface area contributed by atoms with Gasteiger partial charge in [-0.05, 0) is 0 Å². The van der Waals surface area contributed by atoms with E-state index in [4.69, 9.17) is 0 Å². The van der Waals surface area contributed by atoms with Crippen LogP contribution in [0.15, 0.2) is 0 Å². The lowest BCUT2D eigenvalue weighted by Crippen LogP contribution is -2.49. The molecule has 0 aromatic rings. The molecule has 5 nitrogen and oxygen atoms in total. The molecule has 12 heavy (non-hydrogen) atoms. The van der Waals surface area contributed by atoms with Gasteiger partial charge in [-0.3, -0.25) is 20.4 Å². The molecule has 70 valence electrons. The molecule has 0 aliphatic carbocycles. The van der Waals surface area contributed by atoms with E-state index in [0.29, 0.717) is 11.0 Å². The molecule has 0 unspecified atom stereocenters. The molecule has 0 fully saturated rings. The second kappa shape index (κ2) is 4.06. The minimum absolute atomic E-state index is 0.197. The Bertz CT molecular complexity index is 184. The normalized spacial score (nSPS) is 10.7. The molecule has 2 amide bonds. The summed E-state index contributed by atoms with van der Waals surface area (Å²) in [5.41, 5.74) is 4.50. The number of nitrogens with zero attached hydrogens (tertiary/aromatic N) is 1. The highest BCUT2D eigenvalue weighted by molar-refractivity contribution is 5.81. The van der Waals surface area contributed by atoms with Crippen molar-refractivity contribution in [3.63, 3.8) is 0 Å². The number of carbonyl (C=O) groups is 2. The van der Waals surface area contributed by atoms with Crippen LogP contribution in [-0.4, -0.2) is 44.0 Å². The van der Waals surface area contributed by atoms with E-state index >= 15 is 0 Å². The average Bonchev–Trinajstić information content (AvgIpc) is 1.79. The zero-order valence-electron chi connectivity index (χ0n) is 7.97. The van der Waals surface area contributed by atoms with Gasteiger partial charge < -0.3 is 4.48 Å². The van der Waals surface area contributed by atoms with Crippen molar-refractivity contribution < 1.29 is 14.1 Å². The molecule has 0 saturated heterocycles. The monoisotopic (exact) mass is 174 g/mol. The van der Waals surface area contributed by atoms with Crippen LogP contribution >= 0.6 is 0 Å². The smallest absolute Gasteiger partial charge is 0.293 e. The highest BCUT2D eigenvalue weighted by Gasteiger charge is 2.13. The van der Waals surface area contributed by atoms with E-state index in [1.165, 1.54) is 6.92 Å². The van der Waals surface area contributed by atoms with Gasteiger partial charge in [-0.1, -0.05) is 0 Å². The van der Waals surface area contributed by atoms with Crippen molar-refractivity contribution >= 4 is 11.8 Å². The van der Waals surface area contributed by atoms with Gasteiger partial charge in [0.1, 0.15) is 0 Å². The fraction of sp³-hybridized carbons (Fsp3) is 0.714. The third-order valence-corrected chi connectivity index (χ3v) is 0.996. The molecule has 0 aliphatic rings. The Morgan fingerprint density at radius 1 is 1.17 bits per heavy atom. The number of rotatable bonds is 2. The molecular formula is C7H16N3O2+. The van der Waals surface area contributed by atoms with Gasteiger partial charge >= 0.3 is 0 Å². The summed E-state index contributed by atoms with van der Waals surface area (Å²) < 4.78 is 0.533. The third-order valence-electron chi connectivity index (χ3n) is 0.996. The van der Waals surface area contributed by atoms with Crippen molar-refractivity contribution in [3.8, 4) is 0 Å². The van der Waals surface area contributed by atoms with Crippen LogP contribution in [0.25, 0.3) is 0 Å². The molecule has 0 heterocycles. The summed E-state index contributed by atoms with van der Waals surface area (Å²) in [6, 6.07) is 0. The third kappa shape index (κ3) is 7.01. The Labute approximate surface area is 72.3 Å². The number of hydrogen-bond acceptors (Lipinski definition) is 2. The van der Waals surface area contributed by atoms with Crippen LogP contribution in [0.1, 0.15) is 6.92 Å². The summed E-state index contributed by atoms with van der Waals surface area (Å²) in [5, 5.41) is 0. The van der Waals surface area contributed by atoms with Crippen LogP contribution in [0, 0.1) is 0 Å². The number of quaternary nitrogens is 1. The van der Waals surface area contributed by atoms with Gasteiger partial charge in [0.2, 0.25) is 5.91 Å². The van der Waals surface area contributed by atoms with E-state index in [2.05, 4.69) is 10.9 Å². The van der Waals surface area contributed by atoms with Gasteiger partial charge in [0.15, 0.2) is 6.54 Å². The average molecular weight is 174 g/mol. The quantitative estimate of drug-likeness (QED) is 0.410. The minimum Gasteiger partial charge on any atom is -0.323 e. The van der Waals surface area contributed by atoms with Gasteiger partial charge in [-0.15, -0.1) is 0 Å². The summed E-state index contributed by atoms with van der Waals surface area (Å²) in [6.45, 7) is 1.67. The number of amides is 2. The second-order valence-electron chi connectivity index (χ2n) is 3.68. The van der Waals surface area contributed by atoms with Crippen LogP contribution in [0.2, 0.25) is 0 Å². The summed E-state index contributed by atoms with van der Waals surface area (Å²) in [4.78, 5) is 21.4. The number of hydrazine groups is 1. The van der Waals surface area contributed by atoms with E-state index in [0.717, 1.165) is 0 Å². The molecule has 0 aromatic heterocycles. The molecule has 0 aliphatic heterocycles. The Morgan fingerprint density at radius 3 is 2.00 bits per heavy atom. The molecule has 0 rings (SSSR count). The Morgan fingerprint density at radius 2 is 1.67 bits per heavy atom. The molecule has 0 spiro atoms. The maximum atomic E-state index is 11.0. The minimum atomic E-state index is -0.273. The first-order valence-corrected chi connectivity index (χ1v) is 3.67. The predicted molar refractivity (Wildman–Crippen MR) is 44.9 cm³/mol. The number of nitrogens with one attached hydrogen (secondary N) is 2. The lowest BCUT2D eigenvalue weighted by Gasteiger charge is -2.22. The van der Waals surface area contributed by atoms with Crippen LogP contribution in [0.3, 0.4) is 0 Å². The van der Waals surface area contributed by atoms with Crippen molar-refractivity contribution in [2.75, 3.05) is 27.7 Å². The Hall–Kier alpha value is -1.10. The summed E-state index contributed by atoms with van der Waals surface area (Å²) >= 11 is 0. The first-order valence-electron chi connectivity index (χ1n) is 3.67. The van der Waals surface area contributed by atoms with Crippen molar-refractivity contribution in [3.05, 3.63) is 0 Å². The Balaban J connectivity index is 3.68. The second-order valence-corrected chi connectivity index (χ2v) is 3.68. The number of carbonyl (C=O) groups excluding carboxylic acids is 2. The fourth-order valence-electron chi connectivity index (χ4n) is 0.628. The van der Waals surface area contributed by atoms with Crippen molar-refractivity contribution in [2.45, 2.75) is 6.92 Å². The molecule has 0 atom stereocenters. The lowest BCUT2D eigenvalue weighted by atomic mass is 10.5. The summed E-state index contributed by atoms with van der Waals surface area (Å²) in [7, 11) is 5.69. The lowest BCUT2D eigenvalue weighted by molar-refractivity contribution is -0.862. The van der Waals surface area contributed by atoms with Gasteiger partial charge in [0, 0.05) is 6.92 Å². The van der Waals surface area contributed by atoms with Crippen molar-refractivity contribution in [1.82, 2.24) is 10.9 Å². The molecular weight excluding hydrogens is 158 g/mol. The molecule has 5 heteroatoms. The van der Waals surface area contributed by atoms with E-state index < -0.39 is 0 Å². The van der Waals surface area contributed by atoms with E-state index in [9.17, 15) is 9.59 Å². The number of hydrogen-bond donors (Lipinski definition) is 2. The zero-order chi connectivity index (χ0) is 9.78. The highest BCUT2D eigenvalue weighted by atomic mass is 16.2. The molecule has 0 radical (unpaired) electrons. The van der Waals surface area contributed by atoms with Crippen LogP contribution in [0.4, 0.5) is 0 Å². The summed E-state index contributed by atoms with van der Waals surface area (Å²) in [6.07, 6.45) is 0. The standard InChI is InChI=1S/C7H15N3O2/c1-6(11)8-9-7(12)5-10(2,3)4/h5H2,1-4H3,(H-,8,9,11,12)/p+1. The highest BCUT2D eigenvalue weighted by Crippen LogP contribution is 1.86. The van der Waals surface area contributed by atoms with E-state index in [1.54, 1.807) is 0 Å². The maximum Gasteiger partial charge on any atom is 0.293 e. The first-order chi connectivity index (χ1) is 5.31. The van der Waals surface area contributed by atoms with Gasteiger partial charge in [0.25, 0.3) is 5.91 Å². The number of likely N-dealkylation sites (N-methyl/N-ethyl adjacent to an activating group) is 1.